The summed E-state index contributed by atoms with van der Waals surface area (Å²) in [6.45, 7) is 0.536. The maximum Gasteiger partial charge on any atom is 2.00 e. The molecule has 0 aliphatic heterocycles. The summed E-state index contributed by atoms with van der Waals surface area (Å²) in [6.07, 6.45) is -0.125. The van der Waals surface area contributed by atoms with Crippen LogP contribution in [0, 0.1) is 0 Å². The number of carboxylic acid groups (broad SMARTS) is 1. The molecule has 0 saturated heterocycles. The molecule has 64 heavy (non-hydrogen) atoms. The first-order valence-electron chi connectivity index (χ1n) is 18.0. The molecule has 8 aromatic rings. The second-order valence-corrected chi connectivity index (χ2v) is 13.6. The molecule has 0 spiro atoms. The Balaban J connectivity index is 0.000000228. The van der Waals surface area contributed by atoms with Crippen LogP contribution in [-0.2, 0) is 35.2 Å². The van der Waals surface area contributed by atoms with Crippen LogP contribution in [0.5, 0.6) is 11.5 Å². The average molecular weight is 986 g/mol. The van der Waals surface area contributed by atoms with Gasteiger partial charge in [-0.2, -0.15) is 18.3 Å². The molecule has 0 saturated carbocycles. The topological polar surface area (TPSA) is 194 Å². The Kier molecular flexibility index (Phi) is 16.6. The van der Waals surface area contributed by atoms with Crippen LogP contribution in [0.1, 0.15) is 16.1 Å². The Hall–Kier alpha value is -7.63. The predicted molar refractivity (Wildman–Crippen MR) is 231 cm³/mol. The van der Waals surface area contributed by atoms with E-state index in [1.54, 1.807) is 23.6 Å². The number of carboxylic acids is 1. The normalized spacial score (nSPS) is 10.3. The van der Waals surface area contributed by atoms with Gasteiger partial charge in [-0.25, -0.2) is 9.78 Å². The molecule has 8 rings (SSSR count). The molecule has 2 aromatic carbocycles. The average Bonchev–Trinajstić information content (AvgIpc) is 4.00. The molecular formula is C44H27F3N8O6RuS2. The van der Waals surface area contributed by atoms with E-state index in [-0.39, 0.29) is 66.6 Å². The first-order chi connectivity index (χ1) is 30.5. The smallest absolute Gasteiger partial charge is 0.753 e. The molecule has 14 nitrogen and oxygen atoms in total. The van der Waals surface area contributed by atoms with E-state index >= 15 is 0 Å². The molecular weight excluding hydrogens is 959 g/mol. The van der Waals surface area contributed by atoms with E-state index in [2.05, 4.69) is 71.5 Å². The largest absolute Gasteiger partial charge is 2.00 e. The number of ether oxygens (including phenoxy) is 2. The molecule has 0 fully saturated rings. The summed E-state index contributed by atoms with van der Waals surface area (Å²) in [5.74, 6) is -0.693. The zero-order chi connectivity index (χ0) is 44.8. The van der Waals surface area contributed by atoms with Gasteiger partial charge in [0.05, 0.1) is 28.3 Å². The number of carbonyl (C=O) groups is 3. The van der Waals surface area contributed by atoms with Gasteiger partial charge in [0, 0.05) is 64.3 Å². The van der Waals surface area contributed by atoms with Crippen molar-refractivity contribution in [2.45, 2.75) is 6.18 Å². The molecule has 20 heteroatoms. The van der Waals surface area contributed by atoms with Crippen molar-refractivity contribution >= 4 is 64.0 Å². The Morgan fingerprint density at radius 2 is 1.33 bits per heavy atom. The second-order valence-electron chi connectivity index (χ2n) is 12.4. The Bertz CT molecular complexity index is 2820. The molecule has 0 amide bonds. The third-order valence-corrected chi connectivity index (χ3v) is 9.53. The predicted octanol–water partition coefficient (Wildman–Crippen LogP) is 9.95. The van der Waals surface area contributed by atoms with Crippen molar-refractivity contribution in [2.24, 2.45) is 0 Å². The number of nitrogens with zero attached hydrogens (tertiary/aromatic N) is 8. The maximum absolute atomic E-state index is 12.8. The number of carbonyl (C=O) groups excluding carboxylic acids is 2. The Morgan fingerprint density at radius 3 is 1.88 bits per heavy atom. The van der Waals surface area contributed by atoms with Gasteiger partial charge in [0.2, 0.25) is 0 Å². The van der Waals surface area contributed by atoms with Gasteiger partial charge < -0.3 is 35.1 Å². The monoisotopic (exact) mass is 986 g/mol. The number of thiocarbonyl (C=S) groups is 1. The van der Waals surface area contributed by atoms with E-state index < -0.39 is 17.8 Å². The van der Waals surface area contributed by atoms with Crippen molar-refractivity contribution in [1.82, 2.24) is 30.1 Å². The van der Waals surface area contributed by atoms with Gasteiger partial charge in [-0.1, -0.05) is 54.3 Å². The number of benzene rings is 2. The fourth-order valence-corrected chi connectivity index (χ4v) is 6.72. The van der Waals surface area contributed by atoms with Gasteiger partial charge in [-0.15, -0.1) is 11.3 Å². The van der Waals surface area contributed by atoms with Gasteiger partial charge >= 0.3 is 31.6 Å². The molecule has 0 atom stereocenters. The maximum atomic E-state index is 12.8. The molecule has 0 bridgehead atoms. The molecule has 320 valence electrons. The van der Waals surface area contributed by atoms with Crippen molar-refractivity contribution in [3.8, 4) is 56.1 Å². The van der Waals surface area contributed by atoms with Crippen LogP contribution in [0.4, 0.5) is 29.5 Å². The first-order valence-corrected chi connectivity index (χ1v) is 19.2. The minimum Gasteiger partial charge on any atom is -0.753 e. The summed E-state index contributed by atoms with van der Waals surface area (Å²) in [7, 11) is 0. The number of isothiocyanates is 1. The third-order valence-electron chi connectivity index (χ3n) is 8.41. The van der Waals surface area contributed by atoms with E-state index in [0.717, 1.165) is 32.9 Å². The quantitative estimate of drug-likeness (QED) is 0.0526. The molecule has 0 aliphatic rings. The van der Waals surface area contributed by atoms with Gasteiger partial charge in [0.25, 0.3) is 12.9 Å². The summed E-state index contributed by atoms with van der Waals surface area (Å²) in [4.78, 5) is 52.6. The molecule has 6 aromatic heterocycles. The number of aromatic carboxylic acids is 1. The first kappa shape index (κ1) is 47.4. The standard InChI is InChI=1S/C25H16F3N4S.C18H11N3O6.CNS.Ru/c26-25(27,28)23-15-21(30-31-23)20-12-11-17(16-29-20)22-13-14-24(33-22)32(18-7-3-1-4-8-18)19-9-5-2-6-10-19;22-9-26-12-2-4-20-15(6-12)17-8-13(27-10-23)7-16(21-17)14-5-11(18(24)25)1-3-19-14;2-1-3;/h1-16H;1-10H,(H,24,25);;/q-1;;-1;+2. The van der Waals surface area contributed by atoms with Crippen molar-refractivity contribution in [3.05, 3.63) is 163 Å². The summed E-state index contributed by atoms with van der Waals surface area (Å²) in [6, 6.07) is 37.2. The van der Waals surface area contributed by atoms with Crippen LogP contribution in [0.3, 0.4) is 0 Å². The summed E-state index contributed by atoms with van der Waals surface area (Å²) < 4.78 is 48.1. The molecule has 0 radical (unpaired) electrons. The summed E-state index contributed by atoms with van der Waals surface area (Å²) in [5, 5.41) is 25.5. The Labute approximate surface area is 383 Å². The van der Waals surface area contributed by atoms with Crippen molar-refractivity contribution in [1.29, 1.82) is 0 Å². The fraction of sp³-hybridized carbons (Fsp3) is 0.0227. The number of anilines is 3. The molecule has 1 N–H and O–H groups in total. The van der Waals surface area contributed by atoms with Crippen LogP contribution in [0.25, 0.3) is 50.0 Å². The second kappa shape index (κ2) is 22.5. The number of pyridine rings is 4. The van der Waals surface area contributed by atoms with E-state index in [0.29, 0.717) is 17.1 Å². The Morgan fingerprint density at radius 1 is 0.750 bits per heavy atom. The van der Waals surface area contributed by atoms with E-state index in [9.17, 15) is 27.6 Å². The van der Waals surface area contributed by atoms with Gasteiger partial charge in [-0.3, -0.25) is 24.5 Å². The van der Waals surface area contributed by atoms with Crippen molar-refractivity contribution in [2.75, 3.05) is 4.90 Å². The van der Waals surface area contributed by atoms with Crippen molar-refractivity contribution in [3.63, 3.8) is 0 Å². The van der Waals surface area contributed by atoms with E-state index in [4.69, 9.17) is 20.0 Å². The molecule has 6 heterocycles. The number of hydrogen-bond acceptors (Lipinski definition) is 13. The minimum atomic E-state index is -4.53. The van der Waals surface area contributed by atoms with Crippen LogP contribution < -0.4 is 19.5 Å². The van der Waals surface area contributed by atoms with Crippen LogP contribution in [0.2, 0.25) is 0 Å². The van der Waals surface area contributed by atoms with Crippen LogP contribution in [0.15, 0.2) is 146 Å². The summed E-state index contributed by atoms with van der Waals surface area (Å²) in [5.41, 5.74) is 3.60. The summed E-state index contributed by atoms with van der Waals surface area (Å²) >= 11 is 5.30. The number of para-hydroxylation sites is 2. The van der Waals surface area contributed by atoms with Gasteiger partial charge in [0.1, 0.15) is 22.2 Å². The van der Waals surface area contributed by atoms with E-state index in [1.165, 1.54) is 54.0 Å². The SMILES string of the molecule is FC(F)(F)c1cc(-c2ccc(-c3ccc(N(c4ccccc4)c4ccccc4)s3)cn2)[n-]n1.O=COc1ccnc(-c2cc(OC=O)cc(-c3cc(C(=O)O)ccn3)n2)c1.[N-]=C=S.[Ru+2]. The van der Waals surface area contributed by atoms with Crippen LogP contribution in [-0.4, -0.2) is 54.2 Å². The van der Waals surface area contributed by atoms with Crippen molar-refractivity contribution < 1.29 is 61.6 Å². The molecule has 0 aliphatic carbocycles. The van der Waals surface area contributed by atoms with Gasteiger partial charge in [-0.05, 0) is 72.8 Å². The molecule has 0 unspecified atom stereocenters. The number of hydrogen-bond donors (Lipinski definition) is 1. The minimum absolute atomic E-state index is 0. The zero-order valence-corrected chi connectivity index (χ0v) is 35.8. The van der Waals surface area contributed by atoms with E-state index in [1.807, 2.05) is 54.6 Å². The zero-order valence-electron chi connectivity index (χ0n) is 32.4. The number of thiophene rings is 1. The number of rotatable bonds is 12. The number of halogens is 3. The fourth-order valence-electron chi connectivity index (χ4n) is 5.69. The number of aromatic nitrogens is 6. The third kappa shape index (κ3) is 12.3. The number of alkyl halides is 3. The van der Waals surface area contributed by atoms with Gasteiger partial charge in [0.15, 0.2) is 0 Å². The van der Waals surface area contributed by atoms with Crippen LogP contribution >= 0.6 is 23.6 Å².